The van der Waals surface area contributed by atoms with Crippen molar-refractivity contribution in [3.63, 3.8) is 0 Å². The number of amides is 1. The number of aryl methyl sites for hydroxylation is 1. The minimum Gasteiger partial charge on any atom is -0.497 e. The number of carbonyl (C=O) groups excluding carboxylic acids is 2. The lowest BCUT2D eigenvalue weighted by molar-refractivity contribution is -0.133. The summed E-state index contributed by atoms with van der Waals surface area (Å²) >= 11 is 3.30. The summed E-state index contributed by atoms with van der Waals surface area (Å²) in [5, 5.41) is 0. The quantitative estimate of drug-likeness (QED) is 0.689. The number of rotatable bonds is 6. The molecule has 0 heterocycles. The van der Waals surface area contributed by atoms with Crippen LogP contribution in [0.5, 0.6) is 5.75 Å². The zero-order valence-electron chi connectivity index (χ0n) is 14.4. The van der Waals surface area contributed by atoms with Gasteiger partial charge in [0.2, 0.25) is 0 Å². The van der Waals surface area contributed by atoms with Gasteiger partial charge in [-0.2, -0.15) is 0 Å². The van der Waals surface area contributed by atoms with E-state index in [0.29, 0.717) is 22.3 Å². The minimum atomic E-state index is -0.580. The Labute approximate surface area is 155 Å². The first-order valence-electron chi connectivity index (χ1n) is 7.71. The molecule has 0 unspecified atom stereocenters. The highest BCUT2D eigenvalue weighted by Crippen LogP contribution is 2.23. The molecule has 132 valence electrons. The summed E-state index contributed by atoms with van der Waals surface area (Å²) < 4.78 is 10.8. The number of methoxy groups -OCH3 is 1. The predicted molar refractivity (Wildman–Crippen MR) is 98.6 cm³/mol. The first kappa shape index (κ1) is 19.0. The van der Waals surface area contributed by atoms with E-state index in [2.05, 4.69) is 15.9 Å². The molecule has 0 atom stereocenters. The van der Waals surface area contributed by atoms with Crippen molar-refractivity contribution in [2.45, 2.75) is 13.5 Å². The summed E-state index contributed by atoms with van der Waals surface area (Å²) in [7, 11) is 3.20. The van der Waals surface area contributed by atoms with Gasteiger partial charge in [-0.1, -0.05) is 24.3 Å². The fourth-order valence-corrected chi connectivity index (χ4v) is 2.64. The maximum absolute atomic E-state index is 12.2. The van der Waals surface area contributed by atoms with Gasteiger partial charge in [-0.05, 0) is 52.2 Å². The lowest BCUT2D eigenvalue weighted by Crippen LogP contribution is -2.31. The van der Waals surface area contributed by atoms with Gasteiger partial charge in [-0.3, -0.25) is 4.79 Å². The molecule has 1 amide bonds. The number of ether oxygens (including phenoxy) is 2. The van der Waals surface area contributed by atoms with Crippen molar-refractivity contribution < 1.29 is 19.1 Å². The van der Waals surface area contributed by atoms with E-state index in [1.807, 2.05) is 31.2 Å². The van der Waals surface area contributed by atoms with Crippen LogP contribution in [0.25, 0.3) is 0 Å². The normalized spacial score (nSPS) is 10.2. The van der Waals surface area contributed by atoms with Crippen molar-refractivity contribution in [3.8, 4) is 5.75 Å². The van der Waals surface area contributed by atoms with E-state index in [4.69, 9.17) is 9.47 Å². The first-order valence-corrected chi connectivity index (χ1v) is 8.50. The van der Waals surface area contributed by atoms with Crippen LogP contribution in [-0.2, 0) is 16.1 Å². The molecule has 0 spiro atoms. The van der Waals surface area contributed by atoms with Gasteiger partial charge in [-0.15, -0.1) is 0 Å². The molecule has 0 N–H and O–H groups in total. The Kier molecular flexibility index (Phi) is 6.58. The summed E-state index contributed by atoms with van der Waals surface area (Å²) in [4.78, 5) is 25.9. The number of hydrogen-bond acceptors (Lipinski definition) is 4. The molecule has 0 bridgehead atoms. The van der Waals surface area contributed by atoms with Gasteiger partial charge in [0.1, 0.15) is 5.75 Å². The van der Waals surface area contributed by atoms with E-state index >= 15 is 0 Å². The number of benzene rings is 2. The molecule has 2 aromatic rings. The molecule has 0 fully saturated rings. The summed E-state index contributed by atoms with van der Waals surface area (Å²) in [5.74, 6) is -0.308. The van der Waals surface area contributed by atoms with Gasteiger partial charge < -0.3 is 14.4 Å². The summed E-state index contributed by atoms with van der Waals surface area (Å²) in [6.07, 6.45) is 0. The van der Waals surface area contributed by atoms with Crippen molar-refractivity contribution in [3.05, 3.63) is 63.6 Å². The first-order chi connectivity index (χ1) is 11.9. The molecule has 0 aliphatic carbocycles. The van der Waals surface area contributed by atoms with E-state index in [1.54, 1.807) is 25.2 Å². The molecule has 25 heavy (non-hydrogen) atoms. The molecule has 2 rings (SSSR count). The average molecular weight is 406 g/mol. The van der Waals surface area contributed by atoms with Gasteiger partial charge >= 0.3 is 5.97 Å². The third-order valence-corrected chi connectivity index (χ3v) is 4.51. The Morgan fingerprint density at radius 3 is 2.56 bits per heavy atom. The Hall–Kier alpha value is -2.34. The van der Waals surface area contributed by atoms with Gasteiger partial charge in [0.05, 0.1) is 12.7 Å². The largest absolute Gasteiger partial charge is 0.497 e. The Morgan fingerprint density at radius 1 is 1.16 bits per heavy atom. The second kappa shape index (κ2) is 8.67. The second-order valence-corrected chi connectivity index (χ2v) is 6.45. The maximum Gasteiger partial charge on any atom is 0.339 e. The van der Waals surface area contributed by atoms with Crippen LogP contribution in [0.15, 0.2) is 46.9 Å². The van der Waals surface area contributed by atoms with E-state index in [0.717, 1.165) is 11.1 Å². The second-order valence-electron chi connectivity index (χ2n) is 5.60. The lowest BCUT2D eigenvalue weighted by Gasteiger charge is -2.18. The number of halogens is 1. The number of likely N-dealkylation sites (N-methyl/N-ethyl adjacent to an activating group) is 1. The highest BCUT2D eigenvalue weighted by Gasteiger charge is 2.17. The molecule has 0 aromatic heterocycles. The molecule has 0 saturated heterocycles. The lowest BCUT2D eigenvalue weighted by atomic mass is 10.1. The highest BCUT2D eigenvalue weighted by atomic mass is 79.9. The van der Waals surface area contributed by atoms with E-state index in [9.17, 15) is 9.59 Å². The zero-order valence-corrected chi connectivity index (χ0v) is 16.0. The summed E-state index contributed by atoms with van der Waals surface area (Å²) in [6.45, 7) is 2.14. The van der Waals surface area contributed by atoms with Gasteiger partial charge in [0.15, 0.2) is 6.61 Å². The fraction of sp³-hybridized carbons (Fsp3) is 0.263. The molecule has 6 heteroatoms. The van der Waals surface area contributed by atoms with E-state index in [1.165, 1.54) is 12.0 Å². The summed E-state index contributed by atoms with van der Waals surface area (Å²) in [5.41, 5.74) is 2.48. The smallest absolute Gasteiger partial charge is 0.339 e. The van der Waals surface area contributed by atoms with Gasteiger partial charge in [0, 0.05) is 18.1 Å². The van der Waals surface area contributed by atoms with Crippen LogP contribution in [-0.4, -0.2) is 37.5 Å². The molecule has 0 aliphatic heterocycles. The van der Waals surface area contributed by atoms with Crippen LogP contribution in [0.3, 0.4) is 0 Å². The van der Waals surface area contributed by atoms with E-state index < -0.39 is 5.97 Å². The Bertz CT molecular complexity index is 776. The van der Waals surface area contributed by atoms with Crippen LogP contribution in [0.1, 0.15) is 21.5 Å². The monoisotopic (exact) mass is 405 g/mol. The van der Waals surface area contributed by atoms with Crippen LogP contribution < -0.4 is 4.74 Å². The third-order valence-electron chi connectivity index (χ3n) is 3.81. The summed E-state index contributed by atoms with van der Waals surface area (Å²) in [6, 6.07) is 12.8. The molecule has 0 aliphatic rings. The van der Waals surface area contributed by atoms with Crippen molar-refractivity contribution in [1.29, 1.82) is 0 Å². The Morgan fingerprint density at radius 2 is 1.88 bits per heavy atom. The Balaban J connectivity index is 1.95. The number of hydrogen-bond donors (Lipinski definition) is 0. The zero-order chi connectivity index (χ0) is 18.4. The topological polar surface area (TPSA) is 55.8 Å². The fourth-order valence-electron chi connectivity index (χ4n) is 2.23. The van der Waals surface area contributed by atoms with Crippen LogP contribution in [0.4, 0.5) is 0 Å². The molecule has 0 radical (unpaired) electrons. The predicted octanol–water partition coefficient (Wildman–Crippen LogP) is 3.58. The number of nitrogens with zero attached hydrogens (tertiary/aromatic N) is 1. The van der Waals surface area contributed by atoms with Crippen LogP contribution in [0, 0.1) is 6.92 Å². The minimum absolute atomic E-state index is 0.268. The third kappa shape index (κ3) is 5.06. The van der Waals surface area contributed by atoms with Crippen LogP contribution >= 0.6 is 15.9 Å². The number of carbonyl (C=O) groups is 2. The van der Waals surface area contributed by atoms with E-state index in [-0.39, 0.29) is 12.5 Å². The van der Waals surface area contributed by atoms with Gasteiger partial charge in [-0.25, -0.2) is 4.79 Å². The standard InChI is InChI=1S/C19H20BrNO4/c1-13-6-4-5-7-14(13)11-21(2)18(22)12-25-19(23)16-10-15(24-3)8-9-17(16)20/h4-10H,11-12H2,1-3H3. The van der Waals surface area contributed by atoms with Crippen LogP contribution in [0.2, 0.25) is 0 Å². The molecular weight excluding hydrogens is 386 g/mol. The van der Waals surface area contributed by atoms with Crippen molar-refractivity contribution in [1.82, 2.24) is 4.90 Å². The molecule has 0 saturated carbocycles. The SMILES string of the molecule is COc1ccc(Br)c(C(=O)OCC(=O)N(C)Cc2ccccc2C)c1. The van der Waals surface area contributed by atoms with Crippen molar-refractivity contribution in [2.24, 2.45) is 0 Å². The van der Waals surface area contributed by atoms with Crippen molar-refractivity contribution in [2.75, 3.05) is 20.8 Å². The molecular formula is C19H20BrNO4. The molecule has 5 nitrogen and oxygen atoms in total. The van der Waals surface area contributed by atoms with Crippen molar-refractivity contribution >= 4 is 27.8 Å². The average Bonchev–Trinajstić information content (AvgIpc) is 2.61. The maximum atomic E-state index is 12.2. The number of esters is 1. The molecule has 2 aromatic carbocycles. The highest BCUT2D eigenvalue weighted by molar-refractivity contribution is 9.10. The van der Waals surface area contributed by atoms with Gasteiger partial charge in [0.25, 0.3) is 5.91 Å².